The molecule has 1 unspecified atom stereocenters. The van der Waals surface area contributed by atoms with Gasteiger partial charge in [0.2, 0.25) is 0 Å². The Bertz CT molecular complexity index is 515. The van der Waals surface area contributed by atoms with Gasteiger partial charge >= 0.3 is 0 Å². The smallest absolute Gasteiger partial charge is 0.170 e. The van der Waals surface area contributed by atoms with Crippen LogP contribution in [0.5, 0.6) is 0 Å². The molecule has 1 N–H and O–H groups in total. The molecular formula is C16H16O2. The molecule has 1 atom stereocenters. The molecule has 2 nitrogen and oxygen atoms in total. The van der Waals surface area contributed by atoms with Crippen LogP contribution in [0.15, 0.2) is 54.6 Å². The highest BCUT2D eigenvalue weighted by molar-refractivity contribution is 5.86. The monoisotopic (exact) mass is 240 g/mol. The highest BCUT2D eigenvalue weighted by atomic mass is 16.3. The van der Waals surface area contributed by atoms with Gasteiger partial charge in [-0.2, -0.15) is 0 Å². The SMILES string of the molecule is Cc1ccc(C(O)C(=O)Cc2ccccc2)cc1. The van der Waals surface area contributed by atoms with E-state index in [0.29, 0.717) is 5.56 Å². The molecule has 2 rings (SSSR count). The van der Waals surface area contributed by atoms with Crippen LogP contribution in [0.4, 0.5) is 0 Å². The van der Waals surface area contributed by atoms with Gasteiger partial charge in [0.15, 0.2) is 5.78 Å². The van der Waals surface area contributed by atoms with Crippen LogP contribution in [0.1, 0.15) is 22.8 Å². The van der Waals surface area contributed by atoms with E-state index in [4.69, 9.17) is 0 Å². The minimum Gasteiger partial charge on any atom is -0.381 e. The van der Waals surface area contributed by atoms with E-state index in [1.165, 1.54) is 0 Å². The van der Waals surface area contributed by atoms with Crippen LogP contribution >= 0.6 is 0 Å². The van der Waals surface area contributed by atoms with Crippen LogP contribution in [0, 0.1) is 6.92 Å². The van der Waals surface area contributed by atoms with E-state index in [9.17, 15) is 9.90 Å². The summed E-state index contributed by atoms with van der Waals surface area (Å²) in [5.41, 5.74) is 2.69. The van der Waals surface area contributed by atoms with E-state index in [1.54, 1.807) is 12.1 Å². The van der Waals surface area contributed by atoms with Crippen LogP contribution < -0.4 is 0 Å². The minimum absolute atomic E-state index is 0.176. The molecule has 0 aliphatic heterocycles. The fourth-order valence-electron chi connectivity index (χ4n) is 1.83. The second kappa shape index (κ2) is 5.61. The third kappa shape index (κ3) is 3.05. The molecule has 0 saturated carbocycles. The number of carbonyl (C=O) groups is 1. The summed E-state index contributed by atoms with van der Waals surface area (Å²) in [7, 11) is 0. The molecule has 0 spiro atoms. The average molecular weight is 240 g/mol. The number of rotatable bonds is 4. The molecule has 18 heavy (non-hydrogen) atoms. The molecular weight excluding hydrogens is 224 g/mol. The second-order valence-electron chi connectivity index (χ2n) is 4.44. The largest absolute Gasteiger partial charge is 0.381 e. The number of benzene rings is 2. The van der Waals surface area contributed by atoms with Gasteiger partial charge in [-0.05, 0) is 18.1 Å². The maximum atomic E-state index is 11.9. The molecule has 0 aliphatic rings. The highest BCUT2D eigenvalue weighted by Crippen LogP contribution is 2.16. The van der Waals surface area contributed by atoms with Gasteiger partial charge in [0.1, 0.15) is 6.10 Å². The molecule has 0 aromatic heterocycles. The summed E-state index contributed by atoms with van der Waals surface area (Å²) in [5, 5.41) is 9.99. The van der Waals surface area contributed by atoms with Crippen molar-refractivity contribution in [1.82, 2.24) is 0 Å². The van der Waals surface area contributed by atoms with E-state index in [1.807, 2.05) is 49.4 Å². The summed E-state index contributed by atoms with van der Waals surface area (Å²) in [5.74, 6) is -0.176. The topological polar surface area (TPSA) is 37.3 Å². The quantitative estimate of drug-likeness (QED) is 0.892. The van der Waals surface area contributed by atoms with Crippen molar-refractivity contribution < 1.29 is 9.90 Å². The molecule has 0 bridgehead atoms. The third-order valence-electron chi connectivity index (χ3n) is 2.92. The van der Waals surface area contributed by atoms with Crippen molar-refractivity contribution in [2.45, 2.75) is 19.4 Å². The minimum atomic E-state index is -1.04. The fourth-order valence-corrected chi connectivity index (χ4v) is 1.83. The van der Waals surface area contributed by atoms with Crippen LogP contribution in [0.25, 0.3) is 0 Å². The Hall–Kier alpha value is -1.93. The molecule has 2 heteroatoms. The number of carbonyl (C=O) groups excluding carboxylic acids is 1. The number of ketones is 1. The molecule has 0 fully saturated rings. The highest BCUT2D eigenvalue weighted by Gasteiger charge is 2.17. The summed E-state index contributed by atoms with van der Waals surface area (Å²) in [6.45, 7) is 1.97. The standard InChI is InChI=1S/C16H16O2/c1-12-7-9-14(10-8-12)16(18)15(17)11-13-5-3-2-4-6-13/h2-10,16,18H,11H2,1H3. The van der Waals surface area contributed by atoms with Crippen molar-refractivity contribution in [3.05, 3.63) is 71.3 Å². The Labute approximate surface area is 107 Å². The molecule has 0 heterocycles. The number of hydrogen-bond acceptors (Lipinski definition) is 2. The van der Waals surface area contributed by atoms with Crippen molar-refractivity contribution in [3.63, 3.8) is 0 Å². The van der Waals surface area contributed by atoms with Gasteiger partial charge in [-0.3, -0.25) is 4.79 Å². The first-order valence-corrected chi connectivity index (χ1v) is 5.98. The van der Waals surface area contributed by atoms with Crippen molar-refractivity contribution in [1.29, 1.82) is 0 Å². The van der Waals surface area contributed by atoms with Crippen LogP contribution in [0.2, 0.25) is 0 Å². The van der Waals surface area contributed by atoms with Gasteiger partial charge in [-0.1, -0.05) is 60.2 Å². The zero-order valence-electron chi connectivity index (χ0n) is 10.3. The van der Waals surface area contributed by atoms with Crippen LogP contribution in [-0.2, 0) is 11.2 Å². The van der Waals surface area contributed by atoms with Crippen molar-refractivity contribution in [3.8, 4) is 0 Å². The number of hydrogen-bond donors (Lipinski definition) is 1. The molecule has 0 radical (unpaired) electrons. The summed E-state index contributed by atoms with van der Waals surface area (Å²) in [4.78, 5) is 11.9. The number of Topliss-reactive ketones (excluding diaryl/α,β-unsaturated/α-hetero) is 1. The zero-order valence-corrected chi connectivity index (χ0v) is 10.3. The maximum Gasteiger partial charge on any atom is 0.170 e. The van der Waals surface area contributed by atoms with Crippen molar-refractivity contribution in [2.75, 3.05) is 0 Å². The molecule has 2 aromatic carbocycles. The fraction of sp³-hybridized carbons (Fsp3) is 0.188. The molecule has 0 aliphatic carbocycles. The lowest BCUT2D eigenvalue weighted by atomic mass is 9.99. The second-order valence-corrected chi connectivity index (χ2v) is 4.44. The van der Waals surface area contributed by atoms with Gasteiger partial charge in [-0.15, -0.1) is 0 Å². The Morgan fingerprint density at radius 3 is 2.28 bits per heavy atom. The van der Waals surface area contributed by atoms with Gasteiger partial charge in [0.25, 0.3) is 0 Å². The lowest BCUT2D eigenvalue weighted by Crippen LogP contribution is -2.14. The van der Waals surface area contributed by atoms with E-state index >= 15 is 0 Å². The lowest BCUT2D eigenvalue weighted by Gasteiger charge is -2.10. The van der Waals surface area contributed by atoms with Crippen molar-refractivity contribution in [2.24, 2.45) is 0 Å². The van der Waals surface area contributed by atoms with Gasteiger partial charge in [0, 0.05) is 6.42 Å². The van der Waals surface area contributed by atoms with E-state index in [-0.39, 0.29) is 12.2 Å². The van der Waals surface area contributed by atoms with E-state index in [2.05, 4.69) is 0 Å². The van der Waals surface area contributed by atoms with Crippen LogP contribution in [0.3, 0.4) is 0 Å². The number of aliphatic hydroxyl groups excluding tert-OH is 1. The van der Waals surface area contributed by atoms with Crippen LogP contribution in [-0.4, -0.2) is 10.9 Å². The summed E-state index contributed by atoms with van der Waals surface area (Å²) < 4.78 is 0. The number of aryl methyl sites for hydroxylation is 1. The molecule has 2 aromatic rings. The Balaban J connectivity index is 2.07. The summed E-state index contributed by atoms with van der Waals surface area (Å²) >= 11 is 0. The maximum absolute atomic E-state index is 11.9. The van der Waals surface area contributed by atoms with E-state index in [0.717, 1.165) is 11.1 Å². The first-order valence-electron chi connectivity index (χ1n) is 5.98. The first kappa shape index (κ1) is 12.5. The Morgan fingerprint density at radius 1 is 1.06 bits per heavy atom. The summed E-state index contributed by atoms with van der Waals surface area (Å²) in [6, 6.07) is 16.8. The normalized spacial score (nSPS) is 12.1. The lowest BCUT2D eigenvalue weighted by molar-refractivity contribution is -0.126. The average Bonchev–Trinajstić information content (AvgIpc) is 2.40. The first-order chi connectivity index (χ1) is 8.66. The van der Waals surface area contributed by atoms with Gasteiger partial charge in [0.05, 0.1) is 0 Å². The summed E-state index contributed by atoms with van der Waals surface area (Å²) in [6.07, 6.45) is -0.776. The zero-order chi connectivity index (χ0) is 13.0. The predicted molar refractivity (Wildman–Crippen MR) is 71.3 cm³/mol. The third-order valence-corrected chi connectivity index (χ3v) is 2.92. The molecule has 0 saturated heterocycles. The number of aliphatic hydroxyl groups is 1. The molecule has 92 valence electrons. The van der Waals surface area contributed by atoms with Crippen molar-refractivity contribution >= 4 is 5.78 Å². The van der Waals surface area contributed by atoms with Gasteiger partial charge < -0.3 is 5.11 Å². The Morgan fingerprint density at radius 2 is 1.67 bits per heavy atom. The van der Waals surface area contributed by atoms with Gasteiger partial charge in [-0.25, -0.2) is 0 Å². The van der Waals surface area contributed by atoms with E-state index < -0.39 is 6.10 Å². The molecule has 0 amide bonds. The predicted octanol–water partition coefficient (Wildman–Crippen LogP) is 2.84. The Kier molecular flexibility index (Phi) is 3.90.